The highest BCUT2D eigenvalue weighted by atomic mass is 16.3. The molecule has 0 radical (unpaired) electrons. The van der Waals surface area contributed by atoms with E-state index >= 15 is 0 Å². The maximum absolute atomic E-state index is 9.06. The lowest BCUT2D eigenvalue weighted by Gasteiger charge is -2.05. The lowest BCUT2D eigenvalue weighted by molar-refractivity contribution is 0.280. The molecule has 0 aliphatic rings. The van der Waals surface area contributed by atoms with Gasteiger partial charge in [-0.05, 0) is 29.7 Å². The minimum atomic E-state index is 0.0187. The number of aliphatic hydroxyl groups is 1. The van der Waals surface area contributed by atoms with Gasteiger partial charge in [0.15, 0.2) is 0 Å². The van der Waals surface area contributed by atoms with Crippen molar-refractivity contribution in [1.82, 2.24) is 0 Å². The summed E-state index contributed by atoms with van der Waals surface area (Å²) >= 11 is 0. The lowest BCUT2D eigenvalue weighted by atomic mass is 10.0. The zero-order chi connectivity index (χ0) is 9.68. The van der Waals surface area contributed by atoms with Gasteiger partial charge >= 0.3 is 0 Å². The Kier molecular flexibility index (Phi) is 3.48. The van der Waals surface area contributed by atoms with Gasteiger partial charge in [0.1, 0.15) is 0 Å². The number of aliphatic hydroxyl groups excluding tert-OH is 1. The largest absolute Gasteiger partial charge is 0.392 e. The molecule has 0 amide bonds. The molecule has 2 heteroatoms. The third kappa shape index (κ3) is 2.30. The topological polar surface area (TPSA) is 44.0 Å². The molecule has 1 aromatic carbocycles. The first kappa shape index (κ1) is 9.76. The second-order valence-electron chi connectivity index (χ2n) is 3.00. The quantitative estimate of drug-likeness (QED) is 0.763. The predicted octanol–water partition coefficient (Wildman–Crippen LogP) is 2.00. The molecule has 0 unspecified atom stereocenters. The maximum Gasteiger partial charge on any atom is 0.0991 e. The van der Waals surface area contributed by atoms with Crippen LogP contribution < -0.4 is 0 Å². The van der Waals surface area contributed by atoms with Crippen molar-refractivity contribution < 1.29 is 5.11 Å². The van der Waals surface area contributed by atoms with Gasteiger partial charge < -0.3 is 5.11 Å². The van der Waals surface area contributed by atoms with Gasteiger partial charge in [-0.25, -0.2) is 0 Å². The first-order valence-electron chi connectivity index (χ1n) is 4.44. The molecular formula is C11H13NO. The van der Waals surface area contributed by atoms with Crippen LogP contribution in [0.3, 0.4) is 0 Å². The highest BCUT2D eigenvalue weighted by Gasteiger charge is 2.01. The smallest absolute Gasteiger partial charge is 0.0991 e. The molecule has 0 atom stereocenters. The predicted molar refractivity (Wildman–Crippen MR) is 51.1 cm³/mol. The standard InChI is InChI=1S/C11H13NO/c1-2-3-10-5-4-9(7-12)6-11(10)8-13/h4-6,13H,2-3,8H2,1H3. The average molecular weight is 175 g/mol. The van der Waals surface area contributed by atoms with E-state index in [1.54, 1.807) is 12.1 Å². The van der Waals surface area contributed by atoms with E-state index in [0.717, 1.165) is 24.0 Å². The van der Waals surface area contributed by atoms with Crippen molar-refractivity contribution in [2.45, 2.75) is 26.4 Å². The van der Waals surface area contributed by atoms with Crippen molar-refractivity contribution in [3.63, 3.8) is 0 Å². The number of aryl methyl sites for hydroxylation is 1. The summed E-state index contributed by atoms with van der Waals surface area (Å²) in [5.74, 6) is 0. The molecule has 1 rings (SSSR count). The van der Waals surface area contributed by atoms with E-state index in [4.69, 9.17) is 10.4 Å². The molecule has 68 valence electrons. The van der Waals surface area contributed by atoms with Crippen LogP contribution in [0.25, 0.3) is 0 Å². The SMILES string of the molecule is CCCc1ccc(C#N)cc1CO. The van der Waals surface area contributed by atoms with Crippen LogP contribution in [0.15, 0.2) is 18.2 Å². The van der Waals surface area contributed by atoms with Gasteiger partial charge in [-0.3, -0.25) is 0 Å². The summed E-state index contributed by atoms with van der Waals surface area (Å²) in [5.41, 5.74) is 2.63. The fraction of sp³-hybridized carbons (Fsp3) is 0.364. The molecule has 0 aliphatic carbocycles. The fourth-order valence-corrected chi connectivity index (χ4v) is 1.36. The first-order valence-corrected chi connectivity index (χ1v) is 4.44. The number of nitrogens with zero attached hydrogens (tertiary/aromatic N) is 1. The van der Waals surface area contributed by atoms with Crippen LogP contribution in [0.1, 0.15) is 30.0 Å². The maximum atomic E-state index is 9.06. The second-order valence-corrected chi connectivity index (χ2v) is 3.00. The summed E-state index contributed by atoms with van der Waals surface area (Å²) in [7, 11) is 0. The molecule has 0 saturated carbocycles. The van der Waals surface area contributed by atoms with Gasteiger partial charge in [0.2, 0.25) is 0 Å². The van der Waals surface area contributed by atoms with Gasteiger partial charge in [-0.1, -0.05) is 19.4 Å². The number of rotatable bonds is 3. The van der Waals surface area contributed by atoms with E-state index in [9.17, 15) is 0 Å². The molecule has 2 nitrogen and oxygen atoms in total. The molecule has 0 fully saturated rings. The molecule has 0 saturated heterocycles. The Bertz CT molecular complexity index is 325. The van der Waals surface area contributed by atoms with E-state index in [0.29, 0.717) is 5.56 Å². The highest BCUT2D eigenvalue weighted by molar-refractivity contribution is 5.37. The zero-order valence-corrected chi connectivity index (χ0v) is 7.75. The molecule has 0 spiro atoms. The first-order chi connectivity index (χ1) is 6.31. The van der Waals surface area contributed by atoms with Crippen LogP contribution in [-0.2, 0) is 13.0 Å². The Labute approximate surface area is 78.4 Å². The minimum Gasteiger partial charge on any atom is -0.392 e. The van der Waals surface area contributed by atoms with Gasteiger partial charge in [0.25, 0.3) is 0 Å². The van der Waals surface area contributed by atoms with Gasteiger partial charge in [0.05, 0.1) is 18.2 Å². The van der Waals surface area contributed by atoms with Crippen LogP contribution in [0.5, 0.6) is 0 Å². The van der Waals surface area contributed by atoms with Crippen LogP contribution in [0.4, 0.5) is 0 Å². The summed E-state index contributed by atoms with van der Waals surface area (Å²) in [6, 6.07) is 7.53. The number of hydrogen-bond acceptors (Lipinski definition) is 2. The van der Waals surface area contributed by atoms with Crippen molar-refractivity contribution in [3.8, 4) is 6.07 Å². The lowest BCUT2D eigenvalue weighted by Crippen LogP contribution is -1.94. The molecule has 0 aromatic heterocycles. The molecule has 1 N–H and O–H groups in total. The van der Waals surface area contributed by atoms with Crippen molar-refractivity contribution in [3.05, 3.63) is 34.9 Å². The normalized spacial score (nSPS) is 9.62. The fourth-order valence-electron chi connectivity index (χ4n) is 1.36. The summed E-state index contributed by atoms with van der Waals surface area (Å²) in [5, 5.41) is 17.7. The monoisotopic (exact) mass is 175 g/mol. The summed E-state index contributed by atoms with van der Waals surface area (Å²) in [4.78, 5) is 0. The van der Waals surface area contributed by atoms with Crippen molar-refractivity contribution >= 4 is 0 Å². The minimum absolute atomic E-state index is 0.0187. The molecule has 1 aromatic rings. The van der Waals surface area contributed by atoms with E-state index in [1.165, 1.54) is 0 Å². The van der Waals surface area contributed by atoms with Gasteiger partial charge in [-0.2, -0.15) is 5.26 Å². The molecule has 0 heterocycles. The van der Waals surface area contributed by atoms with Gasteiger partial charge in [0, 0.05) is 0 Å². The van der Waals surface area contributed by atoms with Crippen LogP contribution in [0.2, 0.25) is 0 Å². The summed E-state index contributed by atoms with van der Waals surface area (Å²) in [6.07, 6.45) is 2.01. The number of benzene rings is 1. The van der Waals surface area contributed by atoms with Crippen molar-refractivity contribution in [2.75, 3.05) is 0 Å². The van der Waals surface area contributed by atoms with E-state index < -0.39 is 0 Å². The Morgan fingerprint density at radius 2 is 2.15 bits per heavy atom. The Hall–Kier alpha value is -1.33. The van der Waals surface area contributed by atoms with Crippen LogP contribution in [0, 0.1) is 11.3 Å². The Morgan fingerprint density at radius 1 is 1.38 bits per heavy atom. The second kappa shape index (κ2) is 4.64. The van der Waals surface area contributed by atoms with E-state index in [1.807, 2.05) is 6.07 Å². The highest BCUT2D eigenvalue weighted by Crippen LogP contribution is 2.13. The van der Waals surface area contributed by atoms with E-state index in [-0.39, 0.29) is 6.61 Å². The van der Waals surface area contributed by atoms with Crippen molar-refractivity contribution in [1.29, 1.82) is 5.26 Å². The Morgan fingerprint density at radius 3 is 2.69 bits per heavy atom. The summed E-state index contributed by atoms with van der Waals surface area (Å²) < 4.78 is 0. The molecule has 0 aliphatic heterocycles. The van der Waals surface area contributed by atoms with Crippen molar-refractivity contribution in [2.24, 2.45) is 0 Å². The third-order valence-electron chi connectivity index (χ3n) is 2.03. The van der Waals surface area contributed by atoms with Gasteiger partial charge in [-0.15, -0.1) is 0 Å². The van der Waals surface area contributed by atoms with Crippen LogP contribution >= 0.6 is 0 Å². The molecule has 13 heavy (non-hydrogen) atoms. The van der Waals surface area contributed by atoms with E-state index in [2.05, 4.69) is 13.0 Å². The Balaban J connectivity index is 3.02. The number of nitriles is 1. The number of hydrogen-bond donors (Lipinski definition) is 1. The van der Waals surface area contributed by atoms with Crippen LogP contribution in [-0.4, -0.2) is 5.11 Å². The zero-order valence-electron chi connectivity index (χ0n) is 7.75. The average Bonchev–Trinajstić information content (AvgIpc) is 2.19. The third-order valence-corrected chi connectivity index (χ3v) is 2.03. The summed E-state index contributed by atoms with van der Waals surface area (Å²) in [6.45, 7) is 2.12. The molecule has 0 bridgehead atoms. The molecular weight excluding hydrogens is 162 g/mol.